The quantitative estimate of drug-likeness (QED) is 0.891. The van der Waals surface area contributed by atoms with Gasteiger partial charge in [0.1, 0.15) is 5.75 Å². The predicted octanol–water partition coefficient (Wildman–Crippen LogP) is 2.77. The van der Waals surface area contributed by atoms with Crippen LogP contribution in [-0.4, -0.2) is 17.4 Å². The van der Waals surface area contributed by atoms with E-state index in [-0.39, 0.29) is 11.7 Å². The van der Waals surface area contributed by atoms with Crippen LogP contribution in [0.15, 0.2) is 24.3 Å². The van der Waals surface area contributed by atoms with Crippen LogP contribution in [0.3, 0.4) is 0 Å². The first-order valence-corrected chi connectivity index (χ1v) is 4.95. The van der Waals surface area contributed by atoms with Crippen LogP contribution in [0, 0.1) is 5.92 Å². The van der Waals surface area contributed by atoms with E-state index in [0.717, 1.165) is 0 Å². The monoisotopic (exact) mass is 246 g/mol. The van der Waals surface area contributed by atoms with Crippen molar-refractivity contribution in [1.82, 2.24) is 0 Å². The topological polar surface area (TPSA) is 46.5 Å². The second kappa shape index (κ2) is 3.94. The summed E-state index contributed by atoms with van der Waals surface area (Å²) in [6.07, 6.45) is -4.26. The van der Waals surface area contributed by atoms with Gasteiger partial charge < -0.3 is 9.84 Å². The summed E-state index contributed by atoms with van der Waals surface area (Å²) < 4.78 is 39.7. The number of alkyl halides is 3. The van der Waals surface area contributed by atoms with E-state index < -0.39 is 18.2 Å². The molecule has 1 fully saturated rings. The van der Waals surface area contributed by atoms with Gasteiger partial charge in [-0.3, -0.25) is 4.79 Å². The maximum Gasteiger partial charge on any atom is 0.573 e. The summed E-state index contributed by atoms with van der Waals surface area (Å²) in [4.78, 5) is 10.6. The minimum Gasteiger partial charge on any atom is -0.481 e. The fourth-order valence-corrected chi connectivity index (χ4v) is 1.78. The van der Waals surface area contributed by atoms with E-state index in [1.54, 1.807) is 6.07 Å². The van der Waals surface area contributed by atoms with Crippen LogP contribution in [0.25, 0.3) is 0 Å². The molecule has 92 valence electrons. The summed E-state index contributed by atoms with van der Waals surface area (Å²) >= 11 is 0. The first-order chi connectivity index (χ1) is 7.87. The molecule has 0 saturated heterocycles. The van der Waals surface area contributed by atoms with Crippen molar-refractivity contribution in [3.8, 4) is 5.75 Å². The second-order valence-corrected chi connectivity index (χ2v) is 3.91. The lowest BCUT2D eigenvalue weighted by Gasteiger charge is -2.09. The van der Waals surface area contributed by atoms with E-state index >= 15 is 0 Å². The van der Waals surface area contributed by atoms with Gasteiger partial charge in [-0.1, -0.05) is 12.1 Å². The van der Waals surface area contributed by atoms with Crippen LogP contribution in [0.2, 0.25) is 0 Å². The fraction of sp³-hybridized carbons (Fsp3) is 0.364. The van der Waals surface area contributed by atoms with Crippen molar-refractivity contribution >= 4 is 5.97 Å². The smallest absolute Gasteiger partial charge is 0.481 e. The number of aliphatic carboxylic acids is 1. The molecule has 1 aliphatic carbocycles. The lowest BCUT2D eigenvalue weighted by Crippen LogP contribution is -2.17. The van der Waals surface area contributed by atoms with E-state index in [1.165, 1.54) is 18.2 Å². The summed E-state index contributed by atoms with van der Waals surface area (Å²) in [5.74, 6) is -1.93. The van der Waals surface area contributed by atoms with E-state index in [1.807, 2.05) is 0 Å². The van der Waals surface area contributed by atoms with E-state index in [2.05, 4.69) is 4.74 Å². The lowest BCUT2D eigenvalue weighted by atomic mass is 10.1. The van der Waals surface area contributed by atoms with Gasteiger partial charge in [0.25, 0.3) is 0 Å². The normalized spacial score (nSPS) is 23.2. The highest BCUT2D eigenvalue weighted by Crippen LogP contribution is 2.48. The summed E-state index contributed by atoms with van der Waals surface area (Å²) in [6, 6.07) is 5.46. The fourth-order valence-electron chi connectivity index (χ4n) is 1.78. The number of halogens is 3. The minimum atomic E-state index is -4.73. The van der Waals surface area contributed by atoms with Gasteiger partial charge >= 0.3 is 12.3 Å². The molecule has 1 aromatic rings. The molecule has 1 aromatic carbocycles. The maximum absolute atomic E-state index is 12.0. The Morgan fingerprint density at radius 2 is 2.12 bits per heavy atom. The molecule has 0 amide bonds. The third kappa shape index (κ3) is 2.89. The molecule has 0 bridgehead atoms. The Morgan fingerprint density at radius 3 is 2.65 bits per heavy atom. The Hall–Kier alpha value is -1.72. The zero-order chi connectivity index (χ0) is 12.6. The highest BCUT2D eigenvalue weighted by Gasteiger charge is 2.44. The van der Waals surface area contributed by atoms with Crippen LogP contribution in [0.4, 0.5) is 13.2 Å². The third-order valence-corrected chi connectivity index (χ3v) is 2.63. The Balaban J connectivity index is 2.11. The zero-order valence-electron chi connectivity index (χ0n) is 8.57. The lowest BCUT2D eigenvalue weighted by molar-refractivity contribution is -0.274. The molecule has 2 rings (SSSR count). The Labute approximate surface area is 94.8 Å². The van der Waals surface area contributed by atoms with Crippen molar-refractivity contribution in [2.45, 2.75) is 18.7 Å². The van der Waals surface area contributed by atoms with Crippen molar-refractivity contribution in [2.75, 3.05) is 0 Å². The summed E-state index contributed by atoms with van der Waals surface area (Å²) in [5.41, 5.74) is 0.569. The maximum atomic E-state index is 12.0. The minimum absolute atomic E-state index is 0.204. The standard InChI is InChI=1S/C11H9F3O3/c12-11(13,14)17-7-3-1-2-6(4-7)8-5-9(8)10(15)16/h1-4,8-9H,5H2,(H,15,16)/t8-,9+/m0/s1. The molecule has 0 unspecified atom stereocenters. The first-order valence-electron chi connectivity index (χ1n) is 4.95. The molecule has 17 heavy (non-hydrogen) atoms. The van der Waals surface area contributed by atoms with E-state index in [9.17, 15) is 18.0 Å². The SMILES string of the molecule is O=C(O)[C@@H]1C[C@H]1c1cccc(OC(F)(F)F)c1. The molecular weight excluding hydrogens is 237 g/mol. The zero-order valence-corrected chi connectivity index (χ0v) is 8.57. The summed E-state index contributed by atoms with van der Waals surface area (Å²) in [7, 11) is 0. The molecule has 0 aliphatic heterocycles. The Bertz CT molecular complexity index is 442. The van der Waals surface area contributed by atoms with Crippen LogP contribution < -0.4 is 4.74 Å². The molecule has 0 radical (unpaired) electrons. The summed E-state index contributed by atoms with van der Waals surface area (Å²) in [6.45, 7) is 0. The number of benzene rings is 1. The van der Waals surface area contributed by atoms with Gasteiger partial charge in [-0.25, -0.2) is 0 Å². The van der Waals surface area contributed by atoms with Crippen LogP contribution in [0.1, 0.15) is 17.9 Å². The number of hydrogen-bond donors (Lipinski definition) is 1. The van der Waals surface area contributed by atoms with Gasteiger partial charge in [0, 0.05) is 0 Å². The number of carboxylic acid groups (broad SMARTS) is 1. The molecule has 1 N–H and O–H groups in total. The highest BCUT2D eigenvalue weighted by molar-refractivity contribution is 5.75. The first kappa shape index (κ1) is 11.8. The molecule has 2 atom stereocenters. The number of rotatable bonds is 3. The van der Waals surface area contributed by atoms with E-state index in [4.69, 9.17) is 5.11 Å². The van der Waals surface area contributed by atoms with Gasteiger partial charge in [-0.05, 0) is 30.0 Å². The van der Waals surface area contributed by atoms with Crippen molar-refractivity contribution in [2.24, 2.45) is 5.92 Å². The van der Waals surface area contributed by atoms with Crippen LogP contribution >= 0.6 is 0 Å². The number of carbonyl (C=O) groups is 1. The Morgan fingerprint density at radius 1 is 1.41 bits per heavy atom. The molecular formula is C11H9F3O3. The van der Waals surface area contributed by atoms with E-state index in [0.29, 0.717) is 12.0 Å². The molecule has 6 heteroatoms. The molecule has 1 saturated carbocycles. The molecule has 0 spiro atoms. The molecule has 3 nitrogen and oxygen atoms in total. The van der Waals surface area contributed by atoms with Gasteiger partial charge in [-0.2, -0.15) is 0 Å². The predicted molar refractivity (Wildman–Crippen MR) is 51.6 cm³/mol. The van der Waals surface area contributed by atoms with Gasteiger partial charge in [0.05, 0.1) is 5.92 Å². The van der Waals surface area contributed by atoms with Crippen LogP contribution in [-0.2, 0) is 4.79 Å². The molecule has 0 aromatic heterocycles. The van der Waals surface area contributed by atoms with Crippen LogP contribution in [0.5, 0.6) is 5.75 Å². The number of carboxylic acids is 1. The molecule has 1 aliphatic rings. The largest absolute Gasteiger partial charge is 0.573 e. The summed E-state index contributed by atoms with van der Waals surface area (Å²) in [5, 5.41) is 8.73. The molecule has 0 heterocycles. The van der Waals surface area contributed by atoms with Gasteiger partial charge in [0.15, 0.2) is 0 Å². The van der Waals surface area contributed by atoms with Crippen molar-refractivity contribution < 1.29 is 27.8 Å². The van der Waals surface area contributed by atoms with Crippen molar-refractivity contribution in [3.05, 3.63) is 29.8 Å². The highest BCUT2D eigenvalue weighted by atomic mass is 19.4. The van der Waals surface area contributed by atoms with Crippen molar-refractivity contribution in [3.63, 3.8) is 0 Å². The second-order valence-electron chi connectivity index (χ2n) is 3.91. The number of hydrogen-bond acceptors (Lipinski definition) is 2. The number of ether oxygens (including phenoxy) is 1. The average molecular weight is 246 g/mol. The van der Waals surface area contributed by atoms with Crippen molar-refractivity contribution in [1.29, 1.82) is 0 Å². The Kier molecular flexibility index (Phi) is 2.73. The average Bonchev–Trinajstić information content (AvgIpc) is 2.94. The van der Waals surface area contributed by atoms with Gasteiger partial charge in [-0.15, -0.1) is 13.2 Å². The third-order valence-electron chi connectivity index (χ3n) is 2.63. The van der Waals surface area contributed by atoms with Gasteiger partial charge in [0.2, 0.25) is 0 Å².